The summed E-state index contributed by atoms with van der Waals surface area (Å²) in [4.78, 5) is 48.6. The van der Waals surface area contributed by atoms with Crippen LogP contribution in [0.4, 0.5) is 34.1 Å². The van der Waals surface area contributed by atoms with Crippen molar-refractivity contribution in [2.75, 3.05) is 63.4 Å². The van der Waals surface area contributed by atoms with E-state index < -0.39 is 35.5 Å². The standard InChI is InChI=1S/C31H39BrF3N7O4S/c32-23-16-19(15-22(27(23)36)31(33,34)35)17-25(28(43)40-8-1-20(2-9-40)39-12-6-37-7-13-39)46-30(45)41-10-3-21(4-11-41)42-18-26-24(5-14-47-26)38-29(42)44/h5,14-16,20-21,25,37H,1-4,6-13,17-18,36H2,(H,38,44)/t25-/m1/s1. The first-order valence-electron chi connectivity index (χ1n) is 16.0. The molecule has 1 aromatic carbocycles. The molecule has 16 heteroatoms. The lowest BCUT2D eigenvalue weighted by Crippen LogP contribution is -2.54. The number of rotatable bonds is 6. The minimum absolute atomic E-state index is 0.0511. The number of benzene rings is 1. The molecular weight excluding hydrogens is 703 g/mol. The third-order valence-corrected chi connectivity index (χ3v) is 11.2. The van der Waals surface area contributed by atoms with Crippen LogP contribution in [-0.2, 0) is 28.7 Å². The Bertz CT molecular complexity index is 1470. The number of hydrogen-bond donors (Lipinski definition) is 3. The van der Waals surface area contributed by atoms with E-state index in [1.54, 1.807) is 21.1 Å². The Morgan fingerprint density at radius 2 is 1.68 bits per heavy atom. The highest BCUT2D eigenvalue weighted by molar-refractivity contribution is 9.10. The zero-order valence-corrected chi connectivity index (χ0v) is 28.3. The van der Waals surface area contributed by atoms with E-state index in [1.165, 1.54) is 11.0 Å². The molecule has 3 fully saturated rings. The minimum Gasteiger partial charge on any atom is -0.436 e. The zero-order chi connectivity index (χ0) is 33.3. The Morgan fingerprint density at radius 1 is 1.02 bits per heavy atom. The number of piperidine rings is 2. The van der Waals surface area contributed by atoms with Gasteiger partial charge in [-0.2, -0.15) is 13.2 Å². The van der Waals surface area contributed by atoms with Gasteiger partial charge in [-0.25, -0.2) is 9.59 Å². The van der Waals surface area contributed by atoms with E-state index in [1.807, 2.05) is 11.4 Å². The summed E-state index contributed by atoms with van der Waals surface area (Å²) in [5, 5.41) is 8.20. The Balaban J connectivity index is 1.13. The molecule has 256 valence electrons. The summed E-state index contributed by atoms with van der Waals surface area (Å²) in [7, 11) is 0. The van der Waals surface area contributed by atoms with E-state index in [9.17, 15) is 27.6 Å². The lowest BCUT2D eigenvalue weighted by Gasteiger charge is -2.41. The SMILES string of the molecule is Nc1c(Br)cc(C[C@@H](OC(=O)N2CCC(N3Cc4sccc4NC3=O)CC2)C(=O)N2CCC(N3CCNCC3)CC2)cc1C(F)(F)F. The van der Waals surface area contributed by atoms with Gasteiger partial charge in [-0.3, -0.25) is 9.69 Å². The molecule has 0 spiro atoms. The first-order valence-corrected chi connectivity index (χ1v) is 17.6. The van der Waals surface area contributed by atoms with Gasteiger partial charge in [0.15, 0.2) is 6.10 Å². The predicted molar refractivity (Wildman–Crippen MR) is 175 cm³/mol. The second-order valence-electron chi connectivity index (χ2n) is 12.5. The van der Waals surface area contributed by atoms with E-state index in [0.717, 1.165) is 55.7 Å². The molecule has 1 aromatic heterocycles. The Labute approximate surface area is 283 Å². The van der Waals surface area contributed by atoms with Crippen molar-refractivity contribution in [2.45, 2.75) is 63.0 Å². The maximum atomic E-state index is 13.9. The van der Waals surface area contributed by atoms with Crippen molar-refractivity contribution in [3.63, 3.8) is 0 Å². The van der Waals surface area contributed by atoms with Crippen LogP contribution in [-0.4, -0.2) is 108 Å². The number of piperazine rings is 1. The van der Waals surface area contributed by atoms with E-state index in [4.69, 9.17) is 10.5 Å². The number of anilines is 2. The molecule has 47 heavy (non-hydrogen) atoms. The van der Waals surface area contributed by atoms with Crippen LogP contribution in [0.2, 0.25) is 0 Å². The van der Waals surface area contributed by atoms with E-state index in [-0.39, 0.29) is 28.5 Å². The van der Waals surface area contributed by atoms with Crippen molar-refractivity contribution in [1.82, 2.24) is 24.9 Å². The van der Waals surface area contributed by atoms with Gasteiger partial charge in [-0.1, -0.05) is 0 Å². The number of fused-ring (bicyclic) bond motifs is 1. The van der Waals surface area contributed by atoms with E-state index in [0.29, 0.717) is 51.6 Å². The lowest BCUT2D eigenvalue weighted by molar-refractivity contribution is -0.142. The second kappa shape index (κ2) is 14.2. The van der Waals surface area contributed by atoms with E-state index in [2.05, 4.69) is 31.5 Å². The molecule has 0 aliphatic carbocycles. The summed E-state index contributed by atoms with van der Waals surface area (Å²) < 4.78 is 47.2. The van der Waals surface area contributed by atoms with Gasteiger partial charge in [-0.05, 0) is 70.8 Å². The summed E-state index contributed by atoms with van der Waals surface area (Å²) in [6.45, 7) is 5.80. The molecule has 0 saturated carbocycles. The number of amides is 4. The normalized spacial score (nSPS) is 20.9. The van der Waals surface area contributed by atoms with Gasteiger partial charge >= 0.3 is 18.3 Å². The molecule has 4 amide bonds. The molecule has 0 unspecified atom stereocenters. The van der Waals surface area contributed by atoms with Gasteiger partial charge < -0.3 is 35.8 Å². The number of likely N-dealkylation sites (tertiary alicyclic amines) is 2. The molecule has 5 heterocycles. The highest BCUT2D eigenvalue weighted by Gasteiger charge is 2.38. The first kappa shape index (κ1) is 33.8. The fraction of sp³-hybridized carbons (Fsp3) is 0.581. The highest BCUT2D eigenvalue weighted by Crippen LogP contribution is 2.38. The molecule has 1 atom stereocenters. The fourth-order valence-electron chi connectivity index (χ4n) is 6.96. The van der Waals surface area contributed by atoms with Gasteiger partial charge in [0, 0.05) is 80.2 Å². The van der Waals surface area contributed by atoms with Gasteiger partial charge in [-0.15, -0.1) is 11.3 Å². The topological polar surface area (TPSA) is 123 Å². The van der Waals surface area contributed by atoms with Crippen LogP contribution in [0.15, 0.2) is 28.1 Å². The number of carbonyl (C=O) groups is 3. The summed E-state index contributed by atoms with van der Waals surface area (Å²) >= 11 is 4.70. The largest absolute Gasteiger partial charge is 0.436 e. The average Bonchev–Trinajstić information content (AvgIpc) is 3.52. The number of ether oxygens (including phenoxy) is 1. The van der Waals surface area contributed by atoms with Crippen molar-refractivity contribution >= 4 is 56.7 Å². The first-order chi connectivity index (χ1) is 22.5. The van der Waals surface area contributed by atoms with Crippen LogP contribution in [0.1, 0.15) is 41.7 Å². The summed E-state index contributed by atoms with van der Waals surface area (Å²) in [5.41, 5.74) is 5.25. The summed E-state index contributed by atoms with van der Waals surface area (Å²) in [6, 6.07) is 4.34. The number of nitrogens with two attached hydrogens (primary N) is 1. The Hall–Kier alpha value is -3.08. The number of nitrogens with zero attached hydrogens (tertiary/aromatic N) is 4. The Morgan fingerprint density at radius 3 is 2.36 bits per heavy atom. The van der Waals surface area contributed by atoms with Crippen LogP contribution < -0.4 is 16.4 Å². The van der Waals surface area contributed by atoms with Crippen molar-refractivity contribution in [3.05, 3.63) is 44.1 Å². The highest BCUT2D eigenvalue weighted by atomic mass is 79.9. The van der Waals surface area contributed by atoms with Crippen molar-refractivity contribution < 1.29 is 32.3 Å². The number of nitrogens with one attached hydrogen (secondary N) is 2. The van der Waals surface area contributed by atoms with Crippen LogP contribution >= 0.6 is 27.3 Å². The molecule has 0 bridgehead atoms. The predicted octanol–water partition coefficient (Wildman–Crippen LogP) is 4.57. The molecular formula is C31H39BrF3N7O4S. The molecule has 0 radical (unpaired) electrons. The smallest absolute Gasteiger partial charge is 0.418 e. The van der Waals surface area contributed by atoms with E-state index >= 15 is 0 Å². The number of thiophene rings is 1. The molecule has 2 aromatic rings. The van der Waals surface area contributed by atoms with Gasteiger partial charge in [0.25, 0.3) is 5.91 Å². The number of alkyl halides is 3. The zero-order valence-electron chi connectivity index (χ0n) is 25.9. The average molecular weight is 743 g/mol. The number of urea groups is 1. The third-order valence-electron chi connectivity index (χ3n) is 9.60. The van der Waals surface area contributed by atoms with Crippen LogP contribution in [0.25, 0.3) is 0 Å². The maximum Gasteiger partial charge on any atom is 0.418 e. The van der Waals surface area contributed by atoms with Gasteiger partial charge in [0.05, 0.1) is 23.5 Å². The second-order valence-corrected chi connectivity index (χ2v) is 14.3. The van der Waals surface area contributed by atoms with Crippen molar-refractivity contribution in [3.8, 4) is 0 Å². The molecule has 3 saturated heterocycles. The molecule has 6 rings (SSSR count). The maximum absolute atomic E-state index is 13.9. The number of nitrogen functional groups attached to an aromatic ring is 1. The van der Waals surface area contributed by atoms with Gasteiger partial charge in [0.2, 0.25) is 0 Å². The molecule has 4 N–H and O–H groups in total. The lowest BCUT2D eigenvalue weighted by atomic mass is 9.99. The third kappa shape index (κ3) is 7.65. The molecule has 4 aliphatic rings. The Kier molecular flexibility index (Phi) is 10.2. The number of hydrogen-bond acceptors (Lipinski definition) is 8. The number of carbonyl (C=O) groups excluding carboxylic acids is 3. The quantitative estimate of drug-likeness (QED) is 0.371. The van der Waals surface area contributed by atoms with Gasteiger partial charge in [0.1, 0.15) is 0 Å². The van der Waals surface area contributed by atoms with Crippen molar-refractivity contribution in [2.24, 2.45) is 0 Å². The summed E-state index contributed by atoms with van der Waals surface area (Å²) in [5.74, 6) is -0.426. The monoisotopic (exact) mass is 741 g/mol. The summed E-state index contributed by atoms with van der Waals surface area (Å²) in [6.07, 6.45) is -4.37. The fourth-order valence-corrected chi connectivity index (χ4v) is 8.30. The van der Waals surface area contributed by atoms with Crippen molar-refractivity contribution in [1.29, 1.82) is 0 Å². The van der Waals surface area contributed by atoms with Crippen LogP contribution in [0.3, 0.4) is 0 Å². The van der Waals surface area contributed by atoms with Crippen LogP contribution in [0.5, 0.6) is 0 Å². The minimum atomic E-state index is -4.70. The number of halogens is 4. The van der Waals surface area contributed by atoms with Crippen LogP contribution in [0, 0.1) is 0 Å². The molecule has 11 nitrogen and oxygen atoms in total. The molecule has 4 aliphatic heterocycles.